The fourth-order valence-corrected chi connectivity index (χ4v) is 2.50. The lowest BCUT2D eigenvalue weighted by Crippen LogP contribution is -2.08. The van der Waals surface area contributed by atoms with E-state index in [9.17, 15) is 0 Å². The van der Waals surface area contributed by atoms with Crippen molar-refractivity contribution in [2.45, 2.75) is 71.3 Å². The number of aliphatic imine (C=N–C) groups is 1. The third-order valence-electron chi connectivity index (χ3n) is 3.41. The molecule has 1 aliphatic rings. The Bertz CT molecular complexity index is 213. The second-order valence-electron chi connectivity index (χ2n) is 4.98. The number of unbranched alkanes of at least 4 members (excludes halogenated alkanes) is 5. The highest BCUT2D eigenvalue weighted by Gasteiger charge is 2.28. The molecular weight excluding hydrogens is 198 g/mol. The zero-order valence-electron chi connectivity index (χ0n) is 11.2. The molecule has 1 aliphatic heterocycles. The molecule has 2 nitrogen and oxygen atoms in total. The van der Waals surface area contributed by atoms with E-state index in [2.05, 4.69) is 18.8 Å². The average molecular weight is 225 g/mol. The lowest BCUT2D eigenvalue weighted by atomic mass is 9.97. The molecule has 0 aromatic carbocycles. The van der Waals surface area contributed by atoms with Crippen molar-refractivity contribution in [3.8, 4) is 0 Å². The summed E-state index contributed by atoms with van der Waals surface area (Å²) in [5.74, 6) is 1.60. The van der Waals surface area contributed by atoms with Crippen molar-refractivity contribution in [2.75, 3.05) is 7.05 Å². The van der Waals surface area contributed by atoms with E-state index >= 15 is 0 Å². The average Bonchev–Trinajstić information content (AvgIpc) is 2.64. The quantitative estimate of drug-likeness (QED) is 0.595. The first-order valence-electron chi connectivity index (χ1n) is 6.91. The molecule has 2 unspecified atom stereocenters. The molecule has 16 heavy (non-hydrogen) atoms. The SMILES string of the molecule is CCCCCCCCC1CC(C)O/C1=N/C. The molecule has 0 spiro atoms. The molecule has 1 fully saturated rings. The van der Waals surface area contributed by atoms with E-state index in [1.54, 1.807) is 0 Å². The Morgan fingerprint density at radius 2 is 1.88 bits per heavy atom. The normalized spacial score (nSPS) is 27.3. The molecule has 1 heterocycles. The first-order valence-corrected chi connectivity index (χ1v) is 6.91. The van der Waals surface area contributed by atoms with Gasteiger partial charge in [-0.3, -0.25) is 4.99 Å². The minimum absolute atomic E-state index is 0.379. The Morgan fingerprint density at radius 3 is 2.56 bits per heavy atom. The maximum absolute atomic E-state index is 5.67. The summed E-state index contributed by atoms with van der Waals surface area (Å²) in [7, 11) is 1.85. The van der Waals surface area contributed by atoms with Gasteiger partial charge in [-0.15, -0.1) is 0 Å². The topological polar surface area (TPSA) is 21.6 Å². The zero-order valence-corrected chi connectivity index (χ0v) is 11.2. The number of nitrogens with zero attached hydrogens (tertiary/aromatic N) is 1. The molecule has 0 saturated carbocycles. The predicted molar refractivity (Wildman–Crippen MR) is 70.0 cm³/mol. The van der Waals surface area contributed by atoms with Gasteiger partial charge in [0, 0.05) is 13.0 Å². The molecule has 0 aliphatic carbocycles. The molecule has 0 aromatic rings. The van der Waals surface area contributed by atoms with Gasteiger partial charge >= 0.3 is 0 Å². The van der Waals surface area contributed by atoms with Crippen LogP contribution in [0.1, 0.15) is 65.2 Å². The van der Waals surface area contributed by atoms with Gasteiger partial charge in [0.2, 0.25) is 0 Å². The van der Waals surface area contributed by atoms with Gasteiger partial charge in [0.1, 0.15) is 0 Å². The first kappa shape index (κ1) is 13.5. The molecule has 2 heteroatoms. The summed E-state index contributed by atoms with van der Waals surface area (Å²) >= 11 is 0. The van der Waals surface area contributed by atoms with Crippen LogP contribution in [0.3, 0.4) is 0 Å². The van der Waals surface area contributed by atoms with Gasteiger partial charge in [0.25, 0.3) is 0 Å². The highest BCUT2D eigenvalue weighted by Crippen LogP contribution is 2.26. The molecule has 0 bridgehead atoms. The van der Waals surface area contributed by atoms with Crippen LogP contribution in [0.15, 0.2) is 4.99 Å². The summed E-state index contributed by atoms with van der Waals surface area (Å²) in [6.45, 7) is 4.41. The Labute approximate surface area is 100 Å². The van der Waals surface area contributed by atoms with Gasteiger partial charge in [-0.05, 0) is 19.8 Å². The number of rotatable bonds is 7. The summed E-state index contributed by atoms with van der Waals surface area (Å²) in [6.07, 6.45) is 11.1. The van der Waals surface area contributed by atoms with Crippen molar-refractivity contribution < 1.29 is 4.74 Å². The smallest absolute Gasteiger partial charge is 0.186 e. The van der Waals surface area contributed by atoms with Crippen LogP contribution < -0.4 is 0 Å². The standard InChI is InChI=1S/C14H27NO/c1-4-5-6-7-8-9-10-13-11-12(2)16-14(13)15-3/h12-13H,4-11H2,1-3H3/b15-14+. The van der Waals surface area contributed by atoms with Crippen molar-refractivity contribution in [1.29, 1.82) is 0 Å². The van der Waals surface area contributed by atoms with Crippen molar-refractivity contribution in [3.05, 3.63) is 0 Å². The van der Waals surface area contributed by atoms with E-state index in [0.29, 0.717) is 12.0 Å². The van der Waals surface area contributed by atoms with Crippen LogP contribution in [0.2, 0.25) is 0 Å². The monoisotopic (exact) mass is 225 g/mol. The zero-order chi connectivity index (χ0) is 11.8. The second kappa shape index (κ2) is 7.70. The van der Waals surface area contributed by atoms with Crippen LogP contribution in [0.25, 0.3) is 0 Å². The van der Waals surface area contributed by atoms with Gasteiger partial charge in [-0.25, -0.2) is 0 Å². The summed E-state index contributed by atoms with van der Waals surface area (Å²) in [6, 6.07) is 0. The maximum Gasteiger partial charge on any atom is 0.186 e. The predicted octanol–water partition coefficient (Wildman–Crippen LogP) is 4.19. The van der Waals surface area contributed by atoms with Crippen LogP contribution in [0.4, 0.5) is 0 Å². The molecule has 94 valence electrons. The summed E-state index contributed by atoms with van der Waals surface area (Å²) in [5, 5.41) is 0. The minimum Gasteiger partial charge on any atom is -0.478 e. The molecule has 0 radical (unpaired) electrons. The van der Waals surface area contributed by atoms with Crippen LogP contribution >= 0.6 is 0 Å². The number of hydrogen-bond donors (Lipinski definition) is 0. The lowest BCUT2D eigenvalue weighted by molar-refractivity contribution is 0.239. The third kappa shape index (κ3) is 4.54. The summed E-state index contributed by atoms with van der Waals surface area (Å²) < 4.78 is 5.67. The van der Waals surface area contributed by atoms with E-state index in [4.69, 9.17) is 4.74 Å². The first-order chi connectivity index (χ1) is 7.77. The summed E-state index contributed by atoms with van der Waals surface area (Å²) in [5.41, 5.74) is 0. The van der Waals surface area contributed by atoms with E-state index in [1.807, 2.05) is 7.05 Å². The van der Waals surface area contributed by atoms with Crippen LogP contribution in [0.5, 0.6) is 0 Å². The van der Waals surface area contributed by atoms with E-state index in [0.717, 1.165) is 5.90 Å². The Kier molecular flexibility index (Phi) is 6.51. The largest absolute Gasteiger partial charge is 0.478 e. The fraction of sp³-hybridized carbons (Fsp3) is 0.929. The van der Waals surface area contributed by atoms with E-state index in [-0.39, 0.29) is 0 Å². The Hall–Kier alpha value is -0.530. The van der Waals surface area contributed by atoms with Gasteiger partial charge in [0.05, 0.1) is 6.10 Å². The Morgan fingerprint density at radius 1 is 1.19 bits per heavy atom. The van der Waals surface area contributed by atoms with Crippen molar-refractivity contribution >= 4 is 5.90 Å². The van der Waals surface area contributed by atoms with Gasteiger partial charge in [-0.2, -0.15) is 0 Å². The van der Waals surface area contributed by atoms with Gasteiger partial charge in [0.15, 0.2) is 5.90 Å². The molecule has 1 saturated heterocycles. The minimum atomic E-state index is 0.379. The van der Waals surface area contributed by atoms with Gasteiger partial charge < -0.3 is 4.74 Å². The molecular formula is C14H27NO. The van der Waals surface area contributed by atoms with Gasteiger partial charge in [-0.1, -0.05) is 45.4 Å². The van der Waals surface area contributed by atoms with Crippen LogP contribution in [-0.2, 0) is 4.74 Å². The van der Waals surface area contributed by atoms with Crippen LogP contribution in [-0.4, -0.2) is 19.0 Å². The summed E-state index contributed by atoms with van der Waals surface area (Å²) in [4.78, 5) is 4.24. The highest BCUT2D eigenvalue weighted by atomic mass is 16.5. The van der Waals surface area contributed by atoms with Crippen molar-refractivity contribution in [1.82, 2.24) is 0 Å². The van der Waals surface area contributed by atoms with E-state index in [1.165, 1.54) is 51.4 Å². The molecule has 1 rings (SSSR count). The maximum atomic E-state index is 5.67. The molecule has 0 amide bonds. The highest BCUT2D eigenvalue weighted by molar-refractivity contribution is 5.80. The molecule has 2 atom stereocenters. The van der Waals surface area contributed by atoms with E-state index < -0.39 is 0 Å². The van der Waals surface area contributed by atoms with Crippen LogP contribution in [0, 0.1) is 5.92 Å². The molecule has 0 aromatic heterocycles. The molecule has 0 N–H and O–H groups in total. The fourth-order valence-electron chi connectivity index (χ4n) is 2.50. The Balaban J connectivity index is 2.08. The third-order valence-corrected chi connectivity index (χ3v) is 3.41. The number of ether oxygens (including phenoxy) is 1. The van der Waals surface area contributed by atoms with Crippen molar-refractivity contribution in [2.24, 2.45) is 10.9 Å². The number of hydrogen-bond acceptors (Lipinski definition) is 2. The lowest BCUT2D eigenvalue weighted by Gasteiger charge is -2.07. The second-order valence-corrected chi connectivity index (χ2v) is 4.98. The van der Waals surface area contributed by atoms with Crippen molar-refractivity contribution in [3.63, 3.8) is 0 Å².